The van der Waals surface area contributed by atoms with Gasteiger partial charge in [-0.2, -0.15) is 5.10 Å². The van der Waals surface area contributed by atoms with Crippen LogP contribution in [0.1, 0.15) is 15.9 Å². The third-order valence-electron chi connectivity index (χ3n) is 5.78. The van der Waals surface area contributed by atoms with E-state index in [1.165, 1.54) is 0 Å². The van der Waals surface area contributed by atoms with E-state index in [4.69, 9.17) is 9.84 Å². The molecule has 168 valence electrons. The van der Waals surface area contributed by atoms with Gasteiger partial charge in [0.15, 0.2) is 5.13 Å². The Hall–Kier alpha value is -3.65. The molecule has 0 atom stereocenters. The highest BCUT2D eigenvalue weighted by Crippen LogP contribution is 2.28. The van der Waals surface area contributed by atoms with Gasteiger partial charge in [-0.3, -0.25) is 9.48 Å². The summed E-state index contributed by atoms with van der Waals surface area (Å²) < 4.78 is 7.25. The molecule has 1 saturated heterocycles. The van der Waals surface area contributed by atoms with Crippen LogP contribution in [0.4, 0.5) is 5.13 Å². The van der Waals surface area contributed by atoms with Gasteiger partial charge < -0.3 is 14.5 Å². The van der Waals surface area contributed by atoms with Crippen molar-refractivity contribution in [2.45, 2.75) is 6.54 Å². The molecule has 1 fully saturated rings. The number of nitrogens with zero attached hydrogens (tertiary/aromatic N) is 5. The molecule has 2 aromatic carbocycles. The summed E-state index contributed by atoms with van der Waals surface area (Å²) in [5.41, 5.74) is 3.29. The molecular weight excluding hydrogens is 434 g/mol. The molecule has 0 radical (unpaired) electrons. The summed E-state index contributed by atoms with van der Waals surface area (Å²) in [6.45, 7) is 3.44. The average Bonchev–Trinajstić information content (AvgIpc) is 3.55. The van der Waals surface area contributed by atoms with Gasteiger partial charge >= 0.3 is 0 Å². The first kappa shape index (κ1) is 21.2. The second kappa shape index (κ2) is 9.46. The highest BCUT2D eigenvalue weighted by Gasteiger charge is 2.27. The van der Waals surface area contributed by atoms with E-state index in [1.54, 1.807) is 18.4 Å². The van der Waals surface area contributed by atoms with Gasteiger partial charge in [-0.25, -0.2) is 4.98 Å². The fourth-order valence-corrected chi connectivity index (χ4v) is 4.75. The van der Waals surface area contributed by atoms with Crippen LogP contribution in [0.5, 0.6) is 5.75 Å². The second-order valence-corrected chi connectivity index (χ2v) is 8.77. The van der Waals surface area contributed by atoms with E-state index in [0.717, 1.165) is 35.1 Å². The zero-order valence-electron chi connectivity index (χ0n) is 18.4. The number of rotatable bonds is 6. The minimum absolute atomic E-state index is 0.00548. The van der Waals surface area contributed by atoms with Crippen molar-refractivity contribution in [3.8, 4) is 17.0 Å². The third kappa shape index (κ3) is 4.61. The minimum atomic E-state index is 0.00548. The molecule has 1 amide bonds. The number of amides is 1. The van der Waals surface area contributed by atoms with Gasteiger partial charge in [0, 0.05) is 49.5 Å². The number of piperazine rings is 1. The molecule has 0 aliphatic carbocycles. The molecule has 8 heteroatoms. The van der Waals surface area contributed by atoms with Crippen LogP contribution >= 0.6 is 11.3 Å². The van der Waals surface area contributed by atoms with Crippen molar-refractivity contribution < 1.29 is 9.53 Å². The largest absolute Gasteiger partial charge is 0.497 e. The Bertz CT molecular complexity index is 1210. The summed E-state index contributed by atoms with van der Waals surface area (Å²) in [4.78, 5) is 22.2. The number of hydrogen-bond donors (Lipinski definition) is 0. The standard InChI is InChI=1S/C25H25N5O2S/c1-32-21-9-5-8-20(16-21)23-22(18-30(27-23)17-19-6-3-2-4-7-19)24(31)28-11-13-29(14-12-28)25-26-10-15-33-25/h2-10,15-16,18H,11-14,17H2,1H3. The van der Waals surface area contributed by atoms with Crippen molar-refractivity contribution >= 4 is 22.4 Å². The van der Waals surface area contributed by atoms with Gasteiger partial charge in [0.05, 0.1) is 19.2 Å². The first-order valence-corrected chi connectivity index (χ1v) is 11.8. The lowest BCUT2D eigenvalue weighted by molar-refractivity contribution is 0.0747. The van der Waals surface area contributed by atoms with E-state index in [1.807, 2.05) is 69.8 Å². The molecule has 4 aromatic rings. The van der Waals surface area contributed by atoms with E-state index >= 15 is 0 Å². The van der Waals surface area contributed by atoms with E-state index < -0.39 is 0 Å². The van der Waals surface area contributed by atoms with Gasteiger partial charge in [0.2, 0.25) is 0 Å². The maximum atomic E-state index is 13.6. The van der Waals surface area contributed by atoms with Crippen LogP contribution in [0.15, 0.2) is 72.4 Å². The molecule has 2 aromatic heterocycles. The molecule has 0 N–H and O–H groups in total. The van der Waals surface area contributed by atoms with Crippen LogP contribution in [0.2, 0.25) is 0 Å². The summed E-state index contributed by atoms with van der Waals surface area (Å²) in [5, 5.41) is 7.81. The first-order valence-electron chi connectivity index (χ1n) is 10.9. The molecule has 5 rings (SSSR count). The Morgan fingerprint density at radius 1 is 1.06 bits per heavy atom. The SMILES string of the molecule is COc1cccc(-c2nn(Cc3ccccc3)cc2C(=O)N2CCN(c3nccs3)CC2)c1. The number of carbonyl (C=O) groups is 1. The van der Waals surface area contributed by atoms with Crippen molar-refractivity contribution in [2.24, 2.45) is 0 Å². The summed E-state index contributed by atoms with van der Waals surface area (Å²) >= 11 is 1.63. The molecular formula is C25H25N5O2S. The number of ether oxygens (including phenoxy) is 1. The van der Waals surface area contributed by atoms with Crippen LogP contribution in [0.3, 0.4) is 0 Å². The fourth-order valence-electron chi connectivity index (χ4n) is 4.06. The molecule has 33 heavy (non-hydrogen) atoms. The molecule has 0 spiro atoms. The number of aromatic nitrogens is 3. The van der Waals surface area contributed by atoms with Gasteiger partial charge in [-0.1, -0.05) is 42.5 Å². The fraction of sp³-hybridized carbons (Fsp3) is 0.240. The van der Waals surface area contributed by atoms with Crippen LogP contribution < -0.4 is 9.64 Å². The molecule has 0 bridgehead atoms. The Morgan fingerprint density at radius 2 is 1.88 bits per heavy atom. The first-order chi connectivity index (χ1) is 16.2. The molecule has 0 unspecified atom stereocenters. The monoisotopic (exact) mass is 459 g/mol. The lowest BCUT2D eigenvalue weighted by Crippen LogP contribution is -2.48. The number of benzene rings is 2. The summed E-state index contributed by atoms with van der Waals surface area (Å²) in [7, 11) is 1.64. The lowest BCUT2D eigenvalue weighted by atomic mass is 10.1. The Balaban J connectivity index is 1.42. The zero-order valence-corrected chi connectivity index (χ0v) is 19.2. The van der Waals surface area contributed by atoms with Crippen molar-refractivity contribution in [3.63, 3.8) is 0 Å². The van der Waals surface area contributed by atoms with Crippen LogP contribution in [-0.4, -0.2) is 58.9 Å². The summed E-state index contributed by atoms with van der Waals surface area (Å²) in [6, 6.07) is 17.8. The van der Waals surface area contributed by atoms with E-state index in [2.05, 4.69) is 22.0 Å². The number of methoxy groups -OCH3 is 1. The van der Waals surface area contributed by atoms with Crippen LogP contribution in [0, 0.1) is 0 Å². The summed E-state index contributed by atoms with van der Waals surface area (Å²) in [5.74, 6) is 0.742. The van der Waals surface area contributed by atoms with Crippen LogP contribution in [-0.2, 0) is 6.54 Å². The predicted molar refractivity (Wildman–Crippen MR) is 130 cm³/mol. The zero-order chi connectivity index (χ0) is 22.6. The summed E-state index contributed by atoms with van der Waals surface area (Å²) in [6.07, 6.45) is 3.69. The van der Waals surface area contributed by atoms with E-state index in [9.17, 15) is 4.79 Å². The normalized spacial score (nSPS) is 13.8. The molecule has 1 aliphatic heterocycles. The third-order valence-corrected chi connectivity index (χ3v) is 6.61. The van der Waals surface area contributed by atoms with E-state index in [0.29, 0.717) is 30.9 Å². The molecule has 7 nitrogen and oxygen atoms in total. The molecule has 0 saturated carbocycles. The topological polar surface area (TPSA) is 63.5 Å². The minimum Gasteiger partial charge on any atom is -0.497 e. The van der Waals surface area contributed by atoms with Gasteiger partial charge in [0.1, 0.15) is 11.4 Å². The van der Waals surface area contributed by atoms with Crippen molar-refractivity contribution in [3.05, 3.63) is 83.5 Å². The number of carbonyl (C=O) groups excluding carboxylic acids is 1. The smallest absolute Gasteiger partial charge is 0.257 e. The number of hydrogen-bond acceptors (Lipinski definition) is 6. The van der Waals surface area contributed by atoms with Gasteiger partial charge in [0.25, 0.3) is 5.91 Å². The molecule has 1 aliphatic rings. The van der Waals surface area contributed by atoms with Gasteiger partial charge in [-0.05, 0) is 17.7 Å². The number of thiazole rings is 1. The second-order valence-electron chi connectivity index (χ2n) is 7.90. The van der Waals surface area contributed by atoms with Crippen molar-refractivity contribution in [1.29, 1.82) is 0 Å². The Labute approximate surface area is 196 Å². The van der Waals surface area contributed by atoms with Gasteiger partial charge in [-0.15, -0.1) is 11.3 Å². The highest BCUT2D eigenvalue weighted by atomic mass is 32.1. The van der Waals surface area contributed by atoms with Crippen molar-refractivity contribution in [1.82, 2.24) is 19.7 Å². The molecule has 3 heterocycles. The maximum absolute atomic E-state index is 13.6. The maximum Gasteiger partial charge on any atom is 0.257 e. The van der Waals surface area contributed by atoms with E-state index in [-0.39, 0.29) is 5.91 Å². The van der Waals surface area contributed by atoms with Crippen molar-refractivity contribution in [2.75, 3.05) is 38.2 Å². The quantitative estimate of drug-likeness (QED) is 0.436. The van der Waals surface area contributed by atoms with Crippen LogP contribution in [0.25, 0.3) is 11.3 Å². The lowest BCUT2D eigenvalue weighted by Gasteiger charge is -2.34. The Morgan fingerprint density at radius 3 is 2.61 bits per heavy atom. The highest BCUT2D eigenvalue weighted by molar-refractivity contribution is 7.13. The average molecular weight is 460 g/mol. The predicted octanol–water partition coefficient (Wildman–Crippen LogP) is 4.03. The number of anilines is 1. The Kier molecular flexibility index (Phi) is 6.08.